The van der Waals surface area contributed by atoms with Crippen molar-refractivity contribution in [3.8, 4) is 0 Å². The van der Waals surface area contributed by atoms with Crippen molar-refractivity contribution in [3.05, 3.63) is 11.6 Å². The Morgan fingerprint density at radius 1 is 0.909 bits per heavy atom. The number of fused-ring (bicyclic) bond motifs is 9. The summed E-state index contributed by atoms with van der Waals surface area (Å²) in [6.07, 6.45) is 14.2. The molecule has 5 aliphatic carbocycles. The van der Waals surface area contributed by atoms with Gasteiger partial charge in [0.1, 0.15) is 0 Å². The largest absolute Gasteiger partial charge is 0.481 e. The van der Waals surface area contributed by atoms with Gasteiger partial charge in [-0.1, -0.05) is 53.2 Å². The molecule has 1 saturated heterocycles. The lowest BCUT2D eigenvalue weighted by molar-refractivity contribution is -0.286. The number of allylic oxidation sites excluding steroid dienone is 2. The van der Waals surface area contributed by atoms with Crippen molar-refractivity contribution in [2.75, 3.05) is 6.61 Å². The number of hydrogen-bond acceptors (Lipinski definition) is 2. The Balaban J connectivity index is 1.43. The van der Waals surface area contributed by atoms with E-state index in [4.69, 9.17) is 4.74 Å². The molecular formula is C30H46O3. The zero-order chi connectivity index (χ0) is 23.7. The number of aliphatic carboxylic acids is 1. The maximum atomic E-state index is 12.8. The van der Waals surface area contributed by atoms with Crippen LogP contribution in [0.4, 0.5) is 0 Å². The van der Waals surface area contributed by atoms with Gasteiger partial charge in [0.05, 0.1) is 18.1 Å². The topological polar surface area (TPSA) is 46.5 Å². The molecule has 0 spiro atoms. The van der Waals surface area contributed by atoms with Crippen LogP contribution < -0.4 is 0 Å². The molecule has 6 aliphatic rings. The molecule has 6 rings (SSSR count). The Morgan fingerprint density at radius 2 is 1.64 bits per heavy atom. The van der Waals surface area contributed by atoms with Gasteiger partial charge in [0.25, 0.3) is 0 Å². The molecule has 5 fully saturated rings. The van der Waals surface area contributed by atoms with E-state index in [0.29, 0.717) is 22.9 Å². The predicted molar refractivity (Wildman–Crippen MR) is 131 cm³/mol. The molecule has 0 aromatic heterocycles. The molecule has 9 atom stereocenters. The predicted octanol–water partition coefficient (Wildman–Crippen LogP) is 7.25. The fourth-order valence-electron chi connectivity index (χ4n) is 11.1. The third-order valence-corrected chi connectivity index (χ3v) is 13.4. The Bertz CT molecular complexity index is 920. The lowest BCUT2D eigenvalue weighted by atomic mass is 9.33. The van der Waals surface area contributed by atoms with Crippen molar-refractivity contribution in [2.45, 2.75) is 112 Å². The standard InChI is InChI=1S/C30H46O3/c1-25(2)13-15-30(24(31)32)16-14-28(5)19(20(30)17-25)7-8-22-26(3)11-10-23-27(4,18-33-23)21(26)9-12-29(22,28)6/h7,20-23H,8-18H2,1-6H3,(H,31,32)/t20-,21+,22+,23+,26-,27-,28+,29+,30-/m0/s1. The fourth-order valence-corrected chi connectivity index (χ4v) is 11.1. The number of rotatable bonds is 1. The molecule has 0 aromatic rings. The van der Waals surface area contributed by atoms with Gasteiger partial charge in [-0.2, -0.15) is 0 Å². The maximum Gasteiger partial charge on any atom is 0.310 e. The summed E-state index contributed by atoms with van der Waals surface area (Å²) in [5.41, 5.74) is 2.41. The highest BCUT2D eigenvalue weighted by atomic mass is 16.5. The first kappa shape index (κ1) is 22.6. The third-order valence-electron chi connectivity index (χ3n) is 13.4. The molecule has 4 saturated carbocycles. The summed E-state index contributed by atoms with van der Waals surface area (Å²) >= 11 is 0. The van der Waals surface area contributed by atoms with E-state index >= 15 is 0 Å². The Morgan fingerprint density at radius 3 is 2.30 bits per heavy atom. The van der Waals surface area contributed by atoms with E-state index in [1.54, 1.807) is 5.57 Å². The number of carboxylic acid groups (broad SMARTS) is 1. The molecule has 1 N–H and O–H groups in total. The Labute approximate surface area is 201 Å². The van der Waals surface area contributed by atoms with Crippen LogP contribution in [0.1, 0.15) is 106 Å². The quantitative estimate of drug-likeness (QED) is 0.424. The fraction of sp³-hybridized carbons (Fsp3) is 0.900. The average Bonchev–Trinajstić information content (AvgIpc) is 2.72. The summed E-state index contributed by atoms with van der Waals surface area (Å²) < 4.78 is 6.04. The van der Waals surface area contributed by atoms with Gasteiger partial charge in [-0.05, 0) is 104 Å². The molecule has 1 aliphatic heterocycles. The molecule has 184 valence electrons. The number of carboxylic acids is 1. The van der Waals surface area contributed by atoms with Crippen LogP contribution in [0.15, 0.2) is 11.6 Å². The van der Waals surface area contributed by atoms with Crippen LogP contribution in [-0.4, -0.2) is 23.8 Å². The van der Waals surface area contributed by atoms with Crippen molar-refractivity contribution >= 4 is 5.97 Å². The van der Waals surface area contributed by atoms with E-state index in [1.165, 1.54) is 25.7 Å². The number of hydrogen-bond donors (Lipinski definition) is 1. The van der Waals surface area contributed by atoms with Gasteiger partial charge in [0, 0.05) is 5.41 Å². The van der Waals surface area contributed by atoms with Crippen LogP contribution in [-0.2, 0) is 9.53 Å². The molecule has 0 radical (unpaired) electrons. The van der Waals surface area contributed by atoms with Crippen LogP contribution in [0.3, 0.4) is 0 Å². The van der Waals surface area contributed by atoms with Gasteiger partial charge >= 0.3 is 5.97 Å². The highest BCUT2D eigenvalue weighted by Gasteiger charge is 2.70. The van der Waals surface area contributed by atoms with Crippen molar-refractivity contribution < 1.29 is 14.6 Å². The molecule has 3 heteroatoms. The Kier molecular flexibility index (Phi) is 4.44. The van der Waals surface area contributed by atoms with Gasteiger partial charge in [0.15, 0.2) is 0 Å². The molecule has 1 heterocycles. The van der Waals surface area contributed by atoms with Gasteiger partial charge in [-0.3, -0.25) is 4.79 Å². The van der Waals surface area contributed by atoms with Crippen LogP contribution >= 0.6 is 0 Å². The lowest BCUT2D eigenvalue weighted by Crippen LogP contribution is -2.68. The molecule has 0 unspecified atom stereocenters. The van der Waals surface area contributed by atoms with E-state index in [-0.39, 0.29) is 22.2 Å². The molecular weight excluding hydrogens is 408 g/mol. The SMILES string of the molecule is CC1(C)CC[C@]2(C(=O)O)CC[C@]3(C)C(=CC[C@@H]4[C@@]5(C)CC[C@H]6OC[C@@]6(C)[C@@H]5CC[C@]43C)[C@@H]2C1. The third kappa shape index (κ3) is 2.54. The maximum absolute atomic E-state index is 12.8. The summed E-state index contributed by atoms with van der Waals surface area (Å²) in [7, 11) is 0. The second-order valence-electron chi connectivity index (χ2n) is 15.0. The van der Waals surface area contributed by atoms with Crippen LogP contribution in [0.2, 0.25) is 0 Å². The first-order valence-electron chi connectivity index (χ1n) is 13.9. The zero-order valence-electron chi connectivity index (χ0n) is 21.9. The minimum atomic E-state index is -0.528. The van der Waals surface area contributed by atoms with Crippen molar-refractivity contribution in [1.29, 1.82) is 0 Å². The van der Waals surface area contributed by atoms with Gasteiger partial charge in [-0.25, -0.2) is 0 Å². The van der Waals surface area contributed by atoms with E-state index in [2.05, 4.69) is 47.6 Å². The van der Waals surface area contributed by atoms with Crippen LogP contribution in [0, 0.1) is 50.2 Å². The molecule has 33 heavy (non-hydrogen) atoms. The van der Waals surface area contributed by atoms with Gasteiger partial charge in [-0.15, -0.1) is 0 Å². The summed E-state index contributed by atoms with van der Waals surface area (Å²) in [5, 5.41) is 10.5. The second-order valence-corrected chi connectivity index (χ2v) is 15.0. The van der Waals surface area contributed by atoms with Crippen molar-refractivity contribution in [3.63, 3.8) is 0 Å². The number of ether oxygens (including phenoxy) is 1. The van der Waals surface area contributed by atoms with E-state index in [1.807, 2.05) is 0 Å². The normalized spacial score (nSPS) is 56.6. The van der Waals surface area contributed by atoms with Gasteiger partial charge in [0.2, 0.25) is 0 Å². The first-order valence-corrected chi connectivity index (χ1v) is 13.9. The highest BCUT2D eigenvalue weighted by Crippen LogP contribution is 2.76. The van der Waals surface area contributed by atoms with Crippen LogP contribution in [0.25, 0.3) is 0 Å². The second kappa shape index (κ2) is 6.48. The molecule has 0 bridgehead atoms. The zero-order valence-corrected chi connectivity index (χ0v) is 21.9. The van der Waals surface area contributed by atoms with E-state index in [9.17, 15) is 9.90 Å². The Hall–Kier alpha value is -0.830. The van der Waals surface area contributed by atoms with E-state index < -0.39 is 11.4 Å². The monoisotopic (exact) mass is 454 g/mol. The summed E-state index contributed by atoms with van der Waals surface area (Å²) in [6, 6.07) is 0. The van der Waals surface area contributed by atoms with Gasteiger partial charge < -0.3 is 9.84 Å². The number of carbonyl (C=O) groups is 1. The van der Waals surface area contributed by atoms with E-state index in [0.717, 1.165) is 51.0 Å². The summed E-state index contributed by atoms with van der Waals surface area (Å²) in [5.74, 6) is 1.16. The molecule has 0 aromatic carbocycles. The van der Waals surface area contributed by atoms with Crippen LogP contribution in [0.5, 0.6) is 0 Å². The molecule has 3 nitrogen and oxygen atoms in total. The highest BCUT2D eigenvalue weighted by molar-refractivity contribution is 5.76. The lowest BCUT2D eigenvalue weighted by Gasteiger charge is -2.72. The summed E-state index contributed by atoms with van der Waals surface area (Å²) in [6.45, 7) is 16.0. The first-order chi connectivity index (χ1) is 15.3. The smallest absolute Gasteiger partial charge is 0.310 e. The summed E-state index contributed by atoms with van der Waals surface area (Å²) in [4.78, 5) is 12.8. The average molecular weight is 455 g/mol. The van der Waals surface area contributed by atoms with Crippen molar-refractivity contribution in [2.24, 2.45) is 50.2 Å². The minimum Gasteiger partial charge on any atom is -0.481 e. The molecule has 0 amide bonds. The minimum absolute atomic E-state index is 0.134. The van der Waals surface area contributed by atoms with Crippen molar-refractivity contribution in [1.82, 2.24) is 0 Å².